The molecule has 1 amide bonds. The number of piperidine rings is 1. The maximum Gasteiger partial charge on any atom is 0.227 e. The van der Waals surface area contributed by atoms with Crippen LogP contribution in [0.5, 0.6) is 0 Å². The van der Waals surface area contributed by atoms with Crippen LogP contribution in [0.15, 0.2) is 36.4 Å². The molecule has 3 heterocycles. The molecule has 28 heavy (non-hydrogen) atoms. The van der Waals surface area contributed by atoms with E-state index in [-0.39, 0.29) is 5.91 Å². The number of piperazine rings is 1. The Kier molecular flexibility index (Phi) is 5.95. The Bertz CT molecular complexity index is 781. The predicted molar refractivity (Wildman–Crippen MR) is 112 cm³/mol. The second kappa shape index (κ2) is 8.78. The summed E-state index contributed by atoms with van der Waals surface area (Å²) in [5.41, 5.74) is 0.996. The normalized spacial score (nSPS) is 17.7. The highest BCUT2D eigenvalue weighted by atomic mass is 35.5. The fourth-order valence-corrected chi connectivity index (χ4v) is 3.98. The largest absolute Gasteiger partial charge is 0.355 e. The minimum Gasteiger partial charge on any atom is -0.355 e. The van der Waals surface area contributed by atoms with Crippen molar-refractivity contribution in [3.63, 3.8) is 0 Å². The predicted octanol–water partition coefficient (Wildman–Crippen LogP) is 3.01. The lowest BCUT2D eigenvalue weighted by Gasteiger charge is -2.35. The molecule has 7 heteroatoms. The Balaban J connectivity index is 1.29. The molecule has 2 aliphatic heterocycles. The van der Waals surface area contributed by atoms with Crippen molar-refractivity contribution in [2.75, 3.05) is 49.1 Å². The third-order valence-corrected chi connectivity index (χ3v) is 5.79. The van der Waals surface area contributed by atoms with Crippen molar-refractivity contribution in [3.05, 3.63) is 47.0 Å². The van der Waals surface area contributed by atoms with Gasteiger partial charge in [0, 0.05) is 44.3 Å². The van der Waals surface area contributed by atoms with Gasteiger partial charge >= 0.3 is 0 Å². The van der Waals surface area contributed by atoms with Gasteiger partial charge in [0.2, 0.25) is 5.91 Å². The maximum atomic E-state index is 12.6. The first-order valence-electron chi connectivity index (χ1n) is 10.0. The molecule has 0 saturated carbocycles. The highest BCUT2D eigenvalue weighted by molar-refractivity contribution is 6.30. The lowest BCUT2D eigenvalue weighted by atomic mass is 10.1. The number of halogens is 1. The van der Waals surface area contributed by atoms with Crippen LogP contribution in [0.1, 0.15) is 24.8 Å². The maximum absolute atomic E-state index is 12.6. The summed E-state index contributed by atoms with van der Waals surface area (Å²) in [4.78, 5) is 19.0. The molecule has 0 atom stereocenters. The van der Waals surface area contributed by atoms with Gasteiger partial charge in [-0.1, -0.05) is 23.7 Å². The van der Waals surface area contributed by atoms with Crippen molar-refractivity contribution in [1.82, 2.24) is 15.1 Å². The molecule has 0 N–H and O–H groups in total. The molecular weight excluding hydrogens is 374 g/mol. The summed E-state index contributed by atoms with van der Waals surface area (Å²) < 4.78 is 0. The number of carbonyl (C=O) groups excluding carboxylic acids is 1. The molecule has 2 aliphatic rings. The van der Waals surface area contributed by atoms with Crippen molar-refractivity contribution in [2.24, 2.45) is 0 Å². The highest BCUT2D eigenvalue weighted by Crippen LogP contribution is 2.20. The summed E-state index contributed by atoms with van der Waals surface area (Å²) in [5, 5.41) is 9.57. The molecule has 6 nitrogen and oxygen atoms in total. The van der Waals surface area contributed by atoms with Gasteiger partial charge in [-0.15, -0.1) is 10.2 Å². The highest BCUT2D eigenvalue weighted by Gasteiger charge is 2.22. The van der Waals surface area contributed by atoms with Crippen LogP contribution in [0.25, 0.3) is 0 Å². The Morgan fingerprint density at radius 2 is 1.36 bits per heavy atom. The van der Waals surface area contributed by atoms with Crippen LogP contribution in [-0.2, 0) is 11.2 Å². The molecule has 1 aromatic carbocycles. The Hall–Kier alpha value is -2.34. The standard InChI is InChI=1S/C21H26ClN5O/c22-18-6-4-17(5-7-18)16-21(28)27-14-12-26(13-15-27)20-9-8-19(23-24-20)25-10-2-1-3-11-25/h4-9H,1-3,10-16H2. The van der Waals surface area contributed by atoms with E-state index in [1.54, 1.807) is 0 Å². The third kappa shape index (κ3) is 4.55. The number of hydrogen-bond donors (Lipinski definition) is 0. The lowest BCUT2D eigenvalue weighted by Crippen LogP contribution is -2.49. The van der Waals surface area contributed by atoms with E-state index in [0.717, 1.165) is 43.4 Å². The zero-order valence-corrected chi connectivity index (χ0v) is 16.8. The Morgan fingerprint density at radius 3 is 1.93 bits per heavy atom. The van der Waals surface area contributed by atoms with Crippen LogP contribution < -0.4 is 9.80 Å². The quantitative estimate of drug-likeness (QED) is 0.791. The fourth-order valence-electron chi connectivity index (χ4n) is 3.85. The van der Waals surface area contributed by atoms with Crippen molar-refractivity contribution < 1.29 is 4.79 Å². The summed E-state index contributed by atoms with van der Waals surface area (Å²) in [5.74, 6) is 2.03. The first-order chi connectivity index (χ1) is 13.7. The average Bonchev–Trinajstić information content (AvgIpc) is 2.76. The number of anilines is 2. The molecule has 4 rings (SSSR count). The van der Waals surface area contributed by atoms with Gasteiger partial charge in [-0.2, -0.15) is 0 Å². The number of amides is 1. The molecule has 148 valence electrons. The van der Waals surface area contributed by atoms with Crippen LogP contribution in [0.3, 0.4) is 0 Å². The van der Waals surface area contributed by atoms with E-state index in [1.807, 2.05) is 29.2 Å². The number of aromatic nitrogens is 2. The van der Waals surface area contributed by atoms with E-state index < -0.39 is 0 Å². The van der Waals surface area contributed by atoms with Crippen LogP contribution in [0.4, 0.5) is 11.6 Å². The summed E-state index contributed by atoms with van der Waals surface area (Å²) in [6, 6.07) is 11.6. The zero-order chi connectivity index (χ0) is 19.3. The smallest absolute Gasteiger partial charge is 0.227 e. The van der Waals surface area contributed by atoms with E-state index in [9.17, 15) is 4.79 Å². The van der Waals surface area contributed by atoms with Gasteiger partial charge in [-0.3, -0.25) is 4.79 Å². The molecule has 2 fully saturated rings. The summed E-state index contributed by atoms with van der Waals surface area (Å²) in [6.45, 7) is 5.13. The van der Waals surface area contributed by atoms with Crippen LogP contribution >= 0.6 is 11.6 Å². The average molecular weight is 400 g/mol. The van der Waals surface area contributed by atoms with Gasteiger partial charge in [0.15, 0.2) is 11.6 Å². The summed E-state index contributed by atoms with van der Waals surface area (Å²) in [6.07, 6.45) is 4.19. The lowest BCUT2D eigenvalue weighted by molar-refractivity contribution is -0.130. The molecule has 2 aromatic rings. The van der Waals surface area contributed by atoms with Crippen LogP contribution in [-0.4, -0.2) is 60.3 Å². The fraction of sp³-hybridized carbons (Fsp3) is 0.476. The Labute approximate surface area is 171 Å². The first kappa shape index (κ1) is 19.0. The molecule has 1 aromatic heterocycles. The number of carbonyl (C=O) groups is 1. The van der Waals surface area contributed by atoms with Gasteiger partial charge in [0.05, 0.1) is 6.42 Å². The van der Waals surface area contributed by atoms with Gasteiger partial charge in [0.25, 0.3) is 0 Å². The monoisotopic (exact) mass is 399 g/mol. The minimum absolute atomic E-state index is 0.161. The van der Waals surface area contributed by atoms with Gasteiger partial charge in [0.1, 0.15) is 0 Å². The van der Waals surface area contributed by atoms with Crippen LogP contribution in [0, 0.1) is 0 Å². The molecule has 0 spiro atoms. The van der Waals surface area contributed by atoms with E-state index in [2.05, 4.69) is 32.1 Å². The van der Waals surface area contributed by atoms with Crippen molar-refractivity contribution in [2.45, 2.75) is 25.7 Å². The van der Waals surface area contributed by atoms with Crippen molar-refractivity contribution in [1.29, 1.82) is 0 Å². The number of benzene rings is 1. The molecule has 0 unspecified atom stereocenters. The van der Waals surface area contributed by atoms with E-state index in [4.69, 9.17) is 11.6 Å². The Morgan fingerprint density at radius 1 is 0.786 bits per heavy atom. The summed E-state index contributed by atoms with van der Waals surface area (Å²) in [7, 11) is 0. The molecule has 2 saturated heterocycles. The number of hydrogen-bond acceptors (Lipinski definition) is 5. The van der Waals surface area contributed by atoms with Gasteiger partial charge < -0.3 is 14.7 Å². The van der Waals surface area contributed by atoms with Gasteiger partial charge in [-0.05, 0) is 49.1 Å². The first-order valence-corrected chi connectivity index (χ1v) is 10.4. The molecule has 0 radical (unpaired) electrons. The van der Waals surface area contributed by atoms with Gasteiger partial charge in [-0.25, -0.2) is 0 Å². The minimum atomic E-state index is 0.161. The molecule has 0 bridgehead atoms. The summed E-state index contributed by atoms with van der Waals surface area (Å²) >= 11 is 5.91. The van der Waals surface area contributed by atoms with E-state index in [0.29, 0.717) is 24.5 Å². The van der Waals surface area contributed by atoms with Crippen molar-refractivity contribution >= 4 is 29.1 Å². The van der Waals surface area contributed by atoms with E-state index >= 15 is 0 Å². The zero-order valence-electron chi connectivity index (χ0n) is 16.1. The van der Waals surface area contributed by atoms with E-state index in [1.165, 1.54) is 19.3 Å². The second-order valence-electron chi connectivity index (χ2n) is 7.47. The third-order valence-electron chi connectivity index (χ3n) is 5.54. The molecular formula is C21H26ClN5O. The number of nitrogens with zero attached hydrogens (tertiary/aromatic N) is 5. The number of rotatable bonds is 4. The van der Waals surface area contributed by atoms with Crippen LogP contribution in [0.2, 0.25) is 5.02 Å². The topological polar surface area (TPSA) is 52.6 Å². The van der Waals surface area contributed by atoms with Crippen molar-refractivity contribution in [3.8, 4) is 0 Å². The SMILES string of the molecule is O=C(Cc1ccc(Cl)cc1)N1CCN(c2ccc(N3CCCCC3)nn2)CC1. The second-order valence-corrected chi connectivity index (χ2v) is 7.90. The molecule has 0 aliphatic carbocycles.